The van der Waals surface area contributed by atoms with E-state index in [9.17, 15) is 18.8 Å². The van der Waals surface area contributed by atoms with Gasteiger partial charge in [-0.2, -0.15) is 0 Å². The molecule has 28 heavy (non-hydrogen) atoms. The Labute approximate surface area is 164 Å². The summed E-state index contributed by atoms with van der Waals surface area (Å²) >= 11 is 1.12. The summed E-state index contributed by atoms with van der Waals surface area (Å²) in [6.45, 7) is 0.275. The zero-order chi connectivity index (χ0) is 19.7. The number of halogens is 1. The van der Waals surface area contributed by atoms with Gasteiger partial charge in [0.25, 0.3) is 0 Å². The molecule has 0 spiro atoms. The number of nitrogens with zero attached hydrogens (tertiary/aromatic N) is 1. The monoisotopic (exact) mass is 397 g/mol. The average molecular weight is 397 g/mol. The predicted molar refractivity (Wildman–Crippen MR) is 104 cm³/mol. The molecule has 4 rings (SSSR count). The van der Waals surface area contributed by atoms with Crippen LogP contribution in [-0.4, -0.2) is 30.8 Å². The lowest BCUT2D eigenvalue weighted by molar-refractivity contribution is -0.117. The average Bonchev–Trinajstić information content (AvgIpc) is 3.33. The van der Waals surface area contributed by atoms with E-state index in [0.717, 1.165) is 23.4 Å². The van der Waals surface area contributed by atoms with Crippen LogP contribution in [0.15, 0.2) is 48.5 Å². The van der Waals surface area contributed by atoms with Gasteiger partial charge in [0, 0.05) is 34.3 Å². The van der Waals surface area contributed by atoms with Crippen LogP contribution in [0.1, 0.15) is 32.9 Å². The maximum absolute atomic E-state index is 13.7. The normalized spacial score (nSPS) is 13.9. The lowest BCUT2D eigenvalue weighted by atomic mass is 10.1. The minimum atomic E-state index is -0.659. The summed E-state index contributed by atoms with van der Waals surface area (Å²) in [6.07, 6.45) is 1.37. The van der Waals surface area contributed by atoms with Gasteiger partial charge in [0.05, 0.1) is 0 Å². The molecule has 0 aliphatic carbocycles. The fourth-order valence-corrected chi connectivity index (χ4v) is 4.13. The van der Waals surface area contributed by atoms with E-state index in [4.69, 9.17) is 4.74 Å². The molecule has 1 aliphatic rings. The molecule has 0 unspecified atom stereocenters. The Kier molecular flexibility index (Phi) is 4.92. The van der Waals surface area contributed by atoms with Crippen LogP contribution in [-0.2, 0) is 9.53 Å². The van der Waals surface area contributed by atoms with Gasteiger partial charge in [-0.25, -0.2) is 9.18 Å². The third-order valence-electron chi connectivity index (χ3n) is 4.62. The van der Waals surface area contributed by atoms with Crippen molar-refractivity contribution in [1.29, 1.82) is 0 Å². The molecule has 1 aliphatic heterocycles. The van der Waals surface area contributed by atoms with Crippen molar-refractivity contribution in [2.75, 3.05) is 18.1 Å². The van der Waals surface area contributed by atoms with E-state index >= 15 is 0 Å². The van der Waals surface area contributed by atoms with Crippen LogP contribution in [0, 0.1) is 5.82 Å². The second-order valence-corrected chi connectivity index (χ2v) is 7.54. The lowest BCUT2D eigenvalue weighted by Gasteiger charge is -2.15. The molecule has 3 aromatic rings. The number of Topliss-reactive ketones (excluding diaryl/α,β-unsaturated/α-hetero) is 1. The third-order valence-corrected chi connectivity index (χ3v) is 5.70. The van der Waals surface area contributed by atoms with Crippen LogP contribution in [0.4, 0.5) is 10.1 Å². The SMILES string of the molecule is O=C(COC(=O)c1cc2c(F)cccc2s1)c1ccc(N2CCCC2=O)cc1. The molecule has 1 amide bonds. The number of carbonyl (C=O) groups is 3. The number of amides is 1. The summed E-state index contributed by atoms with van der Waals surface area (Å²) in [5.74, 6) is -1.33. The molecule has 1 fully saturated rings. The molecule has 1 saturated heterocycles. The second kappa shape index (κ2) is 7.52. The maximum atomic E-state index is 13.7. The number of esters is 1. The molecule has 0 N–H and O–H groups in total. The van der Waals surface area contributed by atoms with Crippen molar-refractivity contribution in [3.05, 3.63) is 64.8 Å². The fourth-order valence-electron chi connectivity index (χ4n) is 3.16. The molecule has 0 atom stereocenters. The van der Waals surface area contributed by atoms with Gasteiger partial charge in [-0.3, -0.25) is 9.59 Å². The highest BCUT2D eigenvalue weighted by Gasteiger charge is 2.22. The topological polar surface area (TPSA) is 63.7 Å². The molecular formula is C21H16FNO4S. The molecular weight excluding hydrogens is 381 g/mol. The van der Waals surface area contributed by atoms with Gasteiger partial charge in [0.15, 0.2) is 12.4 Å². The number of benzene rings is 2. The van der Waals surface area contributed by atoms with Crippen molar-refractivity contribution in [3.8, 4) is 0 Å². The number of thiophene rings is 1. The second-order valence-electron chi connectivity index (χ2n) is 6.46. The number of hydrogen-bond acceptors (Lipinski definition) is 5. The Balaban J connectivity index is 1.40. The summed E-state index contributed by atoms with van der Waals surface area (Å²) in [5.41, 5.74) is 1.15. The fraction of sp³-hybridized carbons (Fsp3) is 0.190. The highest BCUT2D eigenvalue weighted by atomic mass is 32.1. The first-order valence-electron chi connectivity index (χ1n) is 8.82. The van der Waals surface area contributed by atoms with E-state index in [1.807, 2.05) is 0 Å². The first kappa shape index (κ1) is 18.3. The minimum Gasteiger partial charge on any atom is -0.453 e. The summed E-state index contributed by atoms with van der Waals surface area (Å²) in [4.78, 5) is 38.2. The van der Waals surface area contributed by atoms with E-state index in [1.165, 1.54) is 12.1 Å². The van der Waals surface area contributed by atoms with Gasteiger partial charge in [-0.1, -0.05) is 6.07 Å². The van der Waals surface area contributed by atoms with E-state index < -0.39 is 18.4 Å². The van der Waals surface area contributed by atoms with Crippen molar-refractivity contribution >= 4 is 44.8 Å². The number of hydrogen-bond donors (Lipinski definition) is 0. The standard InChI is InChI=1S/C21H16FNO4S/c22-16-3-1-4-18-15(16)11-19(28-18)21(26)27-12-17(24)13-6-8-14(9-7-13)23-10-2-5-20(23)25/h1,3-4,6-9,11H,2,5,10,12H2. The van der Waals surface area contributed by atoms with Gasteiger partial charge >= 0.3 is 5.97 Å². The number of ketones is 1. The molecule has 5 nitrogen and oxygen atoms in total. The molecule has 0 saturated carbocycles. The van der Waals surface area contributed by atoms with Gasteiger partial charge in [-0.05, 0) is 48.9 Å². The quantitative estimate of drug-likeness (QED) is 0.478. The van der Waals surface area contributed by atoms with Gasteiger partial charge in [0.2, 0.25) is 5.91 Å². The van der Waals surface area contributed by atoms with Crippen LogP contribution >= 0.6 is 11.3 Å². The van der Waals surface area contributed by atoms with Crippen LogP contribution in [0.3, 0.4) is 0 Å². The summed E-state index contributed by atoms with van der Waals surface area (Å²) in [5, 5.41) is 0.359. The Morgan fingerprint density at radius 3 is 2.61 bits per heavy atom. The van der Waals surface area contributed by atoms with E-state index in [1.54, 1.807) is 41.3 Å². The Morgan fingerprint density at radius 1 is 1.14 bits per heavy atom. The maximum Gasteiger partial charge on any atom is 0.348 e. The largest absolute Gasteiger partial charge is 0.453 e. The summed E-state index contributed by atoms with van der Waals surface area (Å²) in [7, 11) is 0. The van der Waals surface area contributed by atoms with Crippen molar-refractivity contribution in [1.82, 2.24) is 0 Å². The highest BCUT2D eigenvalue weighted by molar-refractivity contribution is 7.20. The third kappa shape index (κ3) is 3.53. The van der Waals surface area contributed by atoms with Crippen molar-refractivity contribution < 1.29 is 23.5 Å². The summed E-state index contributed by atoms with van der Waals surface area (Å²) < 4.78 is 19.5. The van der Waals surface area contributed by atoms with E-state index in [-0.39, 0.29) is 16.6 Å². The molecule has 0 radical (unpaired) electrons. The van der Waals surface area contributed by atoms with Crippen LogP contribution in [0.25, 0.3) is 10.1 Å². The number of rotatable bonds is 5. The minimum absolute atomic E-state index is 0.0766. The van der Waals surface area contributed by atoms with Gasteiger partial charge < -0.3 is 9.64 Å². The summed E-state index contributed by atoms with van der Waals surface area (Å²) in [6, 6.07) is 12.7. The first-order chi connectivity index (χ1) is 13.5. The zero-order valence-corrected chi connectivity index (χ0v) is 15.6. The van der Waals surface area contributed by atoms with Gasteiger partial charge in [0.1, 0.15) is 10.7 Å². The van der Waals surface area contributed by atoms with Crippen LogP contribution in [0.5, 0.6) is 0 Å². The predicted octanol–water partition coefficient (Wildman–Crippen LogP) is 4.21. The highest BCUT2D eigenvalue weighted by Crippen LogP contribution is 2.28. The van der Waals surface area contributed by atoms with Gasteiger partial charge in [-0.15, -0.1) is 11.3 Å². The number of carbonyl (C=O) groups excluding carboxylic acids is 3. The molecule has 1 aromatic heterocycles. The first-order valence-corrected chi connectivity index (χ1v) is 9.63. The Hall–Kier alpha value is -3.06. The van der Waals surface area contributed by atoms with Crippen molar-refractivity contribution in [2.24, 2.45) is 0 Å². The van der Waals surface area contributed by atoms with E-state index in [0.29, 0.717) is 28.6 Å². The Morgan fingerprint density at radius 2 is 1.93 bits per heavy atom. The number of ether oxygens (including phenoxy) is 1. The van der Waals surface area contributed by atoms with Crippen LogP contribution < -0.4 is 4.90 Å². The molecule has 2 aromatic carbocycles. The smallest absolute Gasteiger partial charge is 0.348 e. The van der Waals surface area contributed by atoms with E-state index in [2.05, 4.69) is 0 Å². The molecule has 2 heterocycles. The van der Waals surface area contributed by atoms with Crippen molar-refractivity contribution in [2.45, 2.75) is 12.8 Å². The lowest BCUT2D eigenvalue weighted by Crippen LogP contribution is -2.23. The molecule has 7 heteroatoms. The van der Waals surface area contributed by atoms with Crippen LogP contribution in [0.2, 0.25) is 0 Å². The Bertz CT molecular complexity index is 1070. The number of anilines is 1. The molecule has 142 valence electrons. The van der Waals surface area contributed by atoms with Crippen molar-refractivity contribution in [3.63, 3.8) is 0 Å². The zero-order valence-electron chi connectivity index (χ0n) is 14.8. The molecule has 0 bridgehead atoms. The number of fused-ring (bicyclic) bond motifs is 1.